The molecule has 0 radical (unpaired) electrons. The Morgan fingerprint density at radius 1 is 0.581 bits per heavy atom. The van der Waals surface area contributed by atoms with Crippen molar-refractivity contribution in [1.29, 1.82) is 0 Å². The molecule has 0 bridgehead atoms. The van der Waals surface area contributed by atoms with E-state index in [1.165, 1.54) is 0 Å². The first kappa shape index (κ1) is 18.9. The monoisotopic (exact) mass is 402 g/mol. The first-order valence-electron chi connectivity index (χ1n) is 10.2. The van der Waals surface area contributed by atoms with E-state index in [2.05, 4.69) is 0 Å². The quantitative estimate of drug-likeness (QED) is 0.292. The van der Waals surface area contributed by atoms with E-state index >= 15 is 0 Å². The van der Waals surface area contributed by atoms with Crippen LogP contribution in [-0.2, 0) is 6.54 Å². The second-order valence-electron chi connectivity index (χ2n) is 7.54. The second kappa shape index (κ2) is 7.96. The Morgan fingerprint density at radius 3 is 2.03 bits per heavy atom. The maximum Gasteiger partial charge on any atom is 0.256 e. The van der Waals surface area contributed by atoms with Gasteiger partial charge in [-0.05, 0) is 29.0 Å². The lowest BCUT2D eigenvalue weighted by Crippen LogP contribution is -2.44. The zero-order chi connectivity index (χ0) is 21.2. The summed E-state index contributed by atoms with van der Waals surface area (Å²) in [7, 11) is 0. The van der Waals surface area contributed by atoms with Gasteiger partial charge in [0.15, 0.2) is 0 Å². The molecule has 0 aliphatic rings. The van der Waals surface area contributed by atoms with Crippen LogP contribution in [-0.4, -0.2) is 11.6 Å². The summed E-state index contributed by atoms with van der Waals surface area (Å²) < 4.78 is 1.84. The highest BCUT2D eigenvalue weighted by Gasteiger charge is 2.26. The van der Waals surface area contributed by atoms with Gasteiger partial charge in [-0.2, -0.15) is 4.57 Å². The molecule has 3 nitrogen and oxygen atoms in total. The van der Waals surface area contributed by atoms with Crippen LogP contribution in [0.15, 0.2) is 109 Å². The Balaban J connectivity index is 1.63. The molecule has 0 amide bonds. The standard InChI is InChI=1S/C28H20NO2/c30-27(22-10-2-1-3-11-22)19-29-25-13-7-6-9-21(25)16-17-26(29)28(31)24-15-14-20-8-4-5-12-23(20)18-24/h1-18H,19H2/q+1. The molecule has 0 fully saturated rings. The van der Waals surface area contributed by atoms with Crippen molar-refractivity contribution < 1.29 is 14.2 Å². The number of carbonyl (C=O) groups is 2. The van der Waals surface area contributed by atoms with E-state index in [1.54, 1.807) is 12.1 Å². The first-order valence-corrected chi connectivity index (χ1v) is 10.2. The third-order valence-corrected chi connectivity index (χ3v) is 5.58. The number of carbonyl (C=O) groups excluding carboxylic acids is 2. The molecule has 0 spiro atoms. The molecule has 0 saturated carbocycles. The number of aromatic nitrogens is 1. The van der Waals surface area contributed by atoms with Crippen LogP contribution in [0.1, 0.15) is 26.4 Å². The third kappa shape index (κ3) is 3.62. The number of hydrogen-bond donors (Lipinski definition) is 0. The van der Waals surface area contributed by atoms with Crippen molar-refractivity contribution in [2.75, 3.05) is 0 Å². The number of Topliss-reactive ketones (excluding diaryl/α,β-unsaturated/α-hetero) is 1. The summed E-state index contributed by atoms with van der Waals surface area (Å²) in [6.07, 6.45) is 0. The normalized spacial score (nSPS) is 11.0. The summed E-state index contributed by atoms with van der Waals surface area (Å²) in [5.74, 6) is -0.133. The highest BCUT2D eigenvalue weighted by atomic mass is 16.1. The minimum atomic E-state index is -0.0997. The zero-order valence-corrected chi connectivity index (χ0v) is 16.9. The van der Waals surface area contributed by atoms with Crippen molar-refractivity contribution in [3.05, 3.63) is 126 Å². The molecule has 148 valence electrons. The van der Waals surface area contributed by atoms with Crippen molar-refractivity contribution in [1.82, 2.24) is 0 Å². The van der Waals surface area contributed by atoms with E-state index in [0.717, 1.165) is 21.7 Å². The molecular weight excluding hydrogens is 382 g/mol. The molecule has 0 aliphatic carbocycles. The van der Waals surface area contributed by atoms with Gasteiger partial charge in [-0.25, -0.2) is 0 Å². The third-order valence-electron chi connectivity index (χ3n) is 5.58. The van der Waals surface area contributed by atoms with Crippen LogP contribution in [0.5, 0.6) is 0 Å². The molecule has 5 aromatic rings. The van der Waals surface area contributed by atoms with Crippen molar-refractivity contribution >= 4 is 33.2 Å². The Morgan fingerprint density at radius 2 is 1.23 bits per heavy atom. The average Bonchev–Trinajstić information content (AvgIpc) is 2.84. The number of hydrogen-bond acceptors (Lipinski definition) is 2. The predicted octanol–water partition coefficient (Wildman–Crippen LogP) is 5.39. The molecule has 0 N–H and O–H groups in total. The van der Waals surface area contributed by atoms with E-state index in [0.29, 0.717) is 16.8 Å². The van der Waals surface area contributed by atoms with Crippen molar-refractivity contribution in [2.24, 2.45) is 0 Å². The molecule has 0 atom stereocenters. The van der Waals surface area contributed by atoms with Gasteiger partial charge in [0.2, 0.25) is 17.8 Å². The molecule has 5 rings (SSSR count). The first-order chi connectivity index (χ1) is 15.2. The number of fused-ring (bicyclic) bond motifs is 2. The van der Waals surface area contributed by atoms with Crippen molar-refractivity contribution in [3.63, 3.8) is 0 Å². The fourth-order valence-electron chi connectivity index (χ4n) is 3.97. The summed E-state index contributed by atoms with van der Waals surface area (Å²) in [6.45, 7) is 0.0972. The van der Waals surface area contributed by atoms with E-state index in [9.17, 15) is 9.59 Å². The number of benzene rings is 4. The Hall–Kier alpha value is -4.11. The maximum absolute atomic E-state index is 13.5. The van der Waals surface area contributed by atoms with Crippen LogP contribution in [0.25, 0.3) is 21.7 Å². The van der Waals surface area contributed by atoms with Crippen LogP contribution >= 0.6 is 0 Å². The van der Waals surface area contributed by atoms with Crippen molar-refractivity contribution in [3.8, 4) is 0 Å². The van der Waals surface area contributed by atoms with Gasteiger partial charge in [-0.1, -0.05) is 78.9 Å². The summed E-state index contributed by atoms with van der Waals surface area (Å²) in [5.41, 5.74) is 2.60. The fraction of sp³-hybridized carbons (Fsp3) is 0.0357. The zero-order valence-electron chi connectivity index (χ0n) is 16.9. The Bertz CT molecular complexity index is 1440. The van der Waals surface area contributed by atoms with E-state index in [-0.39, 0.29) is 18.1 Å². The predicted molar refractivity (Wildman–Crippen MR) is 122 cm³/mol. The fourth-order valence-corrected chi connectivity index (χ4v) is 3.97. The minimum absolute atomic E-state index is 0.0329. The van der Waals surface area contributed by atoms with Gasteiger partial charge < -0.3 is 0 Å². The van der Waals surface area contributed by atoms with Crippen LogP contribution in [0.4, 0.5) is 0 Å². The number of nitrogens with zero attached hydrogens (tertiary/aromatic N) is 1. The van der Waals surface area contributed by atoms with Gasteiger partial charge in [-0.15, -0.1) is 0 Å². The summed E-state index contributed by atoms with van der Waals surface area (Å²) in [5, 5.41) is 3.09. The summed E-state index contributed by atoms with van der Waals surface area (Å²) >= 11 is 0. The lowest BCUT2D eigenvalue weighted by Gasteiger charge is -2.08. The second-order valence-corrected chi connectivity index (χ2v) is 7.54. The van der Waals surface area contributed by atoms with Crippen LogP contribution < -0.4 is 4.57 Å². The molecule has 0 saturated heterocycles. The van der Waals surface area contributed by atoms with Gasteiger partial charge in [0.05, 0.1) is 0 Å². The van der Waals surface area contributed by atoms with Crippen molar-refractivity contribution in [2.45, 2.75) is 6.54 Å². The molecule has 3 heteroatoms. The average molecular weight is 402 g/mol. The van der Waals surface area contributed by atoms with Crippen LogP contribution in [0.3, 0.4) is 0 Å². The molecule has 1 heterocycles. The van der Waals surface area contributed by atoms with Gasteiger partial charge in [0.25, 0.3) is 11.5 Å². The number of para-hydroxylation sites is 1. The highest BCUT2D eigenvalue weighted by molar-refractivity contribution is 6.09. The summed E-state index contributed by atoms with van der Waals surface area (Å²) in [4.78, 5) is 26.6. The van der Waals surface area contributed by atoms with Gasteiger partial charge in [0, 0.05) is 28.6 Å². The molecule has 0 unspecified atom stereocenters. The molecular formula is C28H20NO2+. The van der Waals surface area contributed by atoms with Gasteiger partial charge >= 0.3 is 0 Å². The summed E-state index contributed by atoms with van der Waals surface area (Å²) in [6, 6.07) is 34.5. The molecule has 4 aromatic carbocycles. The van der Waals surface area contributed by atoms with E-state index in [4.69, 9.17) is 0 Å². The lowest BCUT2D eigenvalue weighted by molar-refractivity contribution is -0.658. The van der Waals surface area contributed by atoms with Gasteiger partial charge in [0.1, 0.15) is 0 Å². The Labute approximate surface area is 180 Å². The smallest absolute Gasteiger partial charge is 0.256 e. The molecule has 1 aromatic heterocycles. The van der Waals surface area contributed by atoms with E-state index < -0.39 is 0 Å². The number of rotatable bonds is 5. The molecule has 0 aliphatic heterocycles. The van der Waals surface area contributed by atoms with Crippen LogP contribution in [0, 0.1) is 0 Å². The molecule has 31 heavy (non-hydrogen) atoms. The van der Waals surface area contributed by atoms with Crippen LogP contribution in [0.2, 0.25) is 0 Å². The number of pyridine rings is 1. The topological polar surface area (TPSA) is 38.0 Å². The van der Waals surface area contributed by atoms with Gasteiger partial charge in [-0.3, -0.25) is 9.59 Å². The largest absolute Gasteiger partial charge is 0.287 e. The number of ketones is 2. The Kier molecular flexibility index (Phi) is 4.85. The lowest BCUT2D eigenvalue weighted by atomic mass is 10.0. The minimum Gasteiger partial charge on any atom is -0.287 e. The maximum atomic E-state index is 13.5. The van der Waals surface area contributed by atoms with E-state index in [1.807, 2.05) is 102 Å². The highest BCUT2D eigenvalue weighted by Crippen LogP contribution is 2.19. The SMILES string of the molecule is O=C(C[n+]1c(C(=O)c2ccc3ccccc3c2)ccc2ccccc21)c1ccccc1.